The summed E-state index contributed by atoms with van der Waals surface area (Å²) in [5, 5.41) is 2.78. The van der Waals surface area contributed by atoms with Crippen LogP contribution in [0.15, 0.2) is 42.5 Å². The van der Waals surface area contributed by atoms with Crippen LogP contribution >= 0.6 is 0 Å². The molecule has 36 heavy (non-hydrogen) atoms. The Hall–Kier alpha value is -3.79. The highest BCUT2D eigenvalue weighted by atomic mass is 16.6. The maximum absolute atomic E-state index is 12.7. The minimum absolute atomic E-state index is 0.0185. The van der Waals surface area contributed by atoms with E-state index in [0.29, 0.717) is 49.3 Å². The summed E-state index contributed by atoms with van der Waals surface area (Å²) in [6.45, 7) is 5.67. The number of amides is 2. The Morgan fingerprint density at radius 3 is 2.42 bits per heavy atom. The summed E-state index contributed by atoms with van der Waals surface area (Å²) in [4.78, 5) is 41.7. The minimum Gasteiger partial charge on any atom is -0.486 e. The third kappa shape index (κ3) is 5.23. The molecule has 0 radical (unpaired) electrons. The zero-order valence-corrected chi connectivity index (χ0v) is 20.1. The van der Waals surface area contributed by atoms with Crippen molar-refractivity contribution < 1.29 is 33.3 Å². The zero-order chi connectivity index (χ0) is 25.1. The number of carbonyl (C=O) groups excluding carboxylic acids is 3. The van der Waals surface area contributed by atoms with Crippen molar-refractivity contribution >= 4 is 34.8 Å². The first-order valence-electron chi connectivity index (χ1n) is 12.1. The van der Waals surface area contributed by atoms with Crippen LogP contribution in [-0.2, 0) is 23.9 Å². The molecule has 2 fully saturated rings. The van der Waals surface area contributed by atoms with E-state index in [1.807, 2.05) is 24.3 Å². The van der Waals surface area contributed by atoms with Crippen LogP contribution < -0.4 is 24.6 Å². The van der Waals surface area contributed by atoms with Gasteiger partial charge in [0.25, 0.3) is 5.91 Å². The van der Waals surface area contributed by atoms with Crippen molar-refractivity contribution in [3.8, 4) is 11.5 Å². The number of carbonyl (C=O) groups is 3. The molecule has 3 aliphatic rings. The van der Waals surface area contributed by atoms with Crippen LogP contribution in [0, 0.1) is 5.92 Å². The highest BCUT2D eigenvalue weighted by molar-refractivity contribution is 6.00. The molecule has 5 rings (SSSR count). The predicted octanol–water partition coefficient (Wildman–Crippen LogP) is 2.22. The number of benzene rings is 2. The molecule has 1 N–H and O–H groups in total. The highest BCUT2D eigenvalue weighted by Crippen LogP contribution is 2.36. The number of rotatable bonds is 6. The third-order valence-corrected chi connectivity index (χ3v) is 6.47. The molecule has 0 aromatic heterocycles. The lowest BCUT2D eigenvalue weighted by Gasteiger charge is -2.29. The van der Waals surface area contributed by atoms with E-state index in [-0.39, 0.29) is 18.9 Å². The van der Waals surface area contributed by atoms with Crippen molar-refractivity contribution in [2.45, 2.75) is 19.4 Å². The average Bonchev–Trinajstić information content (AvgIpc) is 3.31. The molecule has 0 bridgehead atoms. The Balaban J connectivity index is 1.14. The largest absolute Gasteiger partial charge is 0.486 e. The number of esters is 1. The van der Waals surface area contributed by atoms with E-state index < -0.39 is 23.9 Å². The summed E-state index contributed by atoms with van der Waals surface area (Å²) >= 11 is 0. The summed E-state index contributed by atoms with van der Waals surface area (Å²) in [7, 11) is 0. The Bertz CT molecular complexity index is 1130. The zero-order valence-electron chi connectivity index (χ0n) is 20.1. The van der Waals surface area contributed by atoms with Crippen LogP contribution in [0.1, 0.15) is 13.3 Å². The molecule has 2 aromatic rings. The number of hydrogen-bond acceptors (Lipinski definition) is 8. The molecule has 0 spiro atoms. The number of morpholine rings is 1. The van der Waals surface area contributed by atoms with Gasteiger partial charge in [-0.2, -0.15) is 0 Å². The Kier molecular flexibility index (Phi) is 6.95. The standard InChI is InChI=1S/C26H29N3O7/c1-17(25(31)27-19-2-4-20(5-3-19)28-8-10-33-11-9-28)36-26(32)18-14-24(30)29(16-18)21-6-7-22-23(15-21)35-13-12-34-22/h2-7,15,17-18H,8-14,16H2,1H3,(H,27,31)/t17-,18+/m0/s1. The molecule has 190 valence electrons. The van der Waals surface area contributed by atoms with Crippen molar-refractivity contribution in [1.82, 2.24) is 0 Å². The lowest BCUT2D eigenvalue weighted by atomic mass is 10.1. The first kappa shape index (κ1) is 23.9. The smallest absolute Gasteiger partial charge is 0.312 e. The van der Waals surface area contributed by atoms with E-state index in [1.165, 1.54) is 11.8 Å². The number of hydrogen-bond donors (Lipinski definition) is 1. The second-order valence-electron chi connectivity index (χ2n) is 8.95. The summed E-state index contributed by atoms with van der Waals surface area (Å²) < 4.78 is 21.9. The van der Waals surface area contributed by atoms with Gasteiger partial charge in [0.15, 0.2) is 17.6 Å². The number of nitrogens with zero attached hydrogens (tertiary/aromatic N) is 2. The molecule has 0 unspecified atom stereocenters. The van der Waals surface area contributed by atoms with E-state index in [0.717, 1.165) is 18.8 Å². The first-order valence-corrected chi connectivity index (χ1v) is 12.1. The molecule has 2 aromatic carbocycles. The van der Waals surface area contributed by atoms with Gasteiger partial charge in [-0.25, -0.2) is 0 Å². The van der Waals surface area contributed by atoms with E-state index in [1.54, 1.807) is 18.2 Å². The van der Waals surface area contributed by atoms with Crippen molar-refractivity contribution in [2.75, 3.05) is 61.2 Å². The molecule has 10 heteroatoms. The van der Waals surface area contributed by atoms with Crippen molar-refractivity contribution in [1.29, 1.82) is 0 Å². The summed E-state index contributed by atoms with van der Waals surface area (Å²) in [6.07, 6.45) is -0.986. The van der Waals surface area contributed by atoms with Crippen LogP contribution in [0.2, 0.25) is 0 Å². The Labute approximate surface area is 209 Å². The minimum atomic E-state index is -1.00. The monoisotopic (exact) mass is 495 g/mol. The fourth-order valence-corrected chi connectivity index (χ4v) is 4.46. The average molecular weight is 496 g/mol. The predicted molar refractivity (Wildman–Crippen MR) is 132 cm³/mol. The molecule has 3 heterocycles. The molecule has 2 saturated heterocycles. The van der Waals surface area contributed by atoms with E-state index in [4.69, 9.17) is 18.9 Å². The van der Waals surface area contributed by atoms with Gasteiger partial charge < -0.3 is 34.1 Å². The molecule has 3 aliphatic heterocycles. The second-order valence-corrected chi connectivity index (χ2v) is 8.95. The van der Waals surface area contributed by atoms with E-state index in [2.05, 4.69) is 10.2 Å². The maximum atomic E-state index is 12.7. The van der Waals surface area contributed by atoms with Crippen molar-refractivity contribution in [2.24, 2.45) is 5.92 Å². The highest BCUT2D eigenvalue weighted by Gasteiger charge is 2.37. The molecular weight excluding hydrogens is 466 g/mol. The third-order valence-electron chi connectivity index (χ3n) is 6.47. The summed E-state index contributed by atoms with van der Waals surface area (Å²) in [6, 6.07) is 12.8. The number of fused-ring (bicyclic) bond motifs is 1. The molecule has 10 nitrogen and oxygen atoms in total. The van der Waals surface area contributed by atoms with Crippen LogP contribution in [0.5, 0.6) is 11.5 Å². The van der Waals surface area contributed by atoms with Gasteiger partial charge in [-0.3, -0.25) is 14.4 Å². The maximum Gasteiger partial charge on any atom is 0.312 e. The summed E-state index contributed by atoms with van der Waals surface area (Å²) in [5.74, 6) is -0.659. The van der Waals surface area contributed by atoms with Crippen molar-refractivity contribution in [3.63, 3.8) is 0 Å². The van der Waals surface area contributed by atoms with Gasteiger partial charge in [0.1, 0.15) is 13.2 Å². The summed E-state index contributed by atoms with van der Waals surface area (Å²) in [5.41, 5.74) is 2.30. The van der Waals surface area contributed by atoms with E-state index in [9.17, 15) is 14.4 Å². The number of ether oxygens (including phenoxy) is 4. The van der Waals surface area contributed by atoms with E-state index >= 15 is 0 Å². The fraction of sp³-hybridized carbons (Fsp3) is 0.423. The van der Waals surface area contributed by atoms with Crippen molar-refractivity contribution in [3.05, 3.63) is 42.5 Å². The molecule has 0 aliphatic carbocycles. The molecule has 2 amide bonds. The van der Waals surface area contributed by atoms with Gasteiger partial charge >= 0.3 is 5.97 Å². The van der Waals surface area contributed by atoms with Gasteiger partial charge in [-0.15, -0.1) is 0 Å². The lowest BCUT2D eigenvalue weighted by molar-refractivity contribution is -0.157. The SMILES string of the molecule is C[C@H](OC(=O)[C@@H]1CC(=O)N(c2ccc3c(c2)OCCO3)C1)C(=O)Nc1ccc(N2CCOCC2)cc1. The van der Waals surface area contributed by atoms with Gasteiger partial charge in [-0.1, -0.05) is 0 Å². The molecule has 0 saturated carbocycles. The second kappa shape index (κ2) is 10.4. The Morgan fingerprint density at radius 1 is 0.972 bits per heavy atom. The van der Waals surface area contributed by atoms with Crippen LogP contribution in [0.25, 0.3) is 0 Å². The number of anilines is 3. The number of nitrogens with one attached hydrogen (secondary N) is 1. The first-order chi connectivity index (χ1) is 17.5. The van der Waals surface area contributed by atoms with Gasteiger partial charge in [0.05, 0.1) is 19.1 Å². The van der Waals surface area contributed by atoms with Crippen LogP contribution in [0.3, 0.4) is 0 Å². The molecular formula is C26H29N3O7. The fourth-order valence-electron chi connectivity index (χ4n) is 4.46. The molecule has 2 atom stereocenters. The van der Waals surface area contributed by atoms with Gasteiger partial charge in [0, 0.05) is 49.2 Å². The van der Waals surface area contributed by atoms with Gasteiger partial charge in [0.2, 0.25) is 5.91 Å². The topological polar surface area (TPSA) is 107 Å². The lowest BCUT2D eigenvalue weighted by Crippen LogP contribution is -2.36. The normalized spacial score (nSPS) is 20.1. The quantitative estimate of drug-likeness (QED) is 0.608. The van der Waals surface area contributed by atoms with Crippen LogP contribution in [0.4, 0.5) is 17.1 Å². The van der Waals surface area contributed by atoms with Crippen LogP contribution in [-0.4, -0.2) is 69.9 Å². The van der Waals surface area contributed by atoms with Gasteiger partial charge in [-0.05, 0) is 43.3 Å². The Morgan fingerprint density at radius 2 is 1.67 bits per heavy atom.